The van der Waals surface area contributed by atoms with Gasteiger partial charge in [-0.25, -0.2) is 13.5 Å². The smallest absolute Gasteiger partial charge is 0.150 e. The SMILES string of the molecule is [O]CCCC1CCS(=O)(=O)C1. The molecule has 1 aliphatic heterocycles. The van der Waals surface area contributed by atoms with Crippen LogP contribution in [-0.2, 0) is 14.9 Å². The van der Waals surface area contributed by atoms with Crippen LogP contribution in [0.25, 0.3) is 0 Å². The highest BCUT2D eigenvalue weighted by Crippen LogP contribution is 2.22. The van der Waals surface area contributed by atoms with E-state index in [0.717, 1.165) is 12.8 Å². The molecule has 1 unspecified atom stereocenters. The van der Waals surface area contributed by atoms with Gasteiger partial charge in [-0.2, -0.15) is 0 Å². The van der Waals surface area contributed by atoms with E-state index in [1.807, 2.05) is 0 Å². The van der Waals surface area contributed by atoms with Crippen molar-refractivity contribution in [1.29, 1.82) is 0 Å². The molecule has 0 amide bonds. The highest BCUT2D eigenvalue weighted by Gasteiger charge is 2.26. The van der Waals surface area contributed by atoms with Gasteiger partial charge in [0, 0.05) is 0 Å². The molecule has 3 nitrogen and oxygen atoms in total. The molecule has 1 aliphatic rings. The summed E-state index contributed by atoms with van der Waals surface area (Å²) in [5, 5.41) is 10.1. The Hall–Kier alpha value is -0.0900. The standard InChI is InChI=1S/C7H13O3S/c8-4-1-2-7-3-5-11(9,10)6-7/h7H,1-6H2. The van der Waals surface area contributed by atoms with Gasteiger partial charge < -0.3 is 0 Å². The summed E-state index contributed by atoms with van der Waals surface area (Å²) in [6, 6.07) is 0. The molecular formula is C7H13O3S. The van der Waals surface area contributed by atoms with Crippen LogP contribution in [-0.4, -0.2) is 26.5 Å². The first kappa shape index (κ1) is 9.00. The Labute approximate surface area is 67.3 Å². The number of hydrogen-bond acceptors (Lipinski definition) is 2. The fraction of sp³-hybridized carbons (Fsp3) is 1.00. The molecule has 1 saturated heterocycles. The van der Waals surface area contributed by atoms with Crippen molar-refractivity contribution in [1.82, 2.24) is 0 Å². The molecule has 1 radical (unpaired) electrons. The summed E-state index contributed by atoms with van der Waals surface area (Å²) in [6.45, 7) is -0.0729. The first-order valence-corrected chi connectivity index (χ1v) is 5.75. The zero-order valence-electron chi connectivity index (χ0n) is 6.45. The van der Waals surface area contributed by atoms with Crippen molar-refractivity contribution in [2.45, 2.75) is 19.3 Å². The predicted molar refractivity (Wildman–Crippen MR) is 41.5 cm³/mol. The predicted octanol–water partition coefficient (Wildman–Crippen LogP) is 0.632. The Balaban J connectivity index is 2.31. The van der Waals surface area contributed by atoms with Crippen molar-refractivity contribution < 1.29 is 13.5 Å². The molecule has 0 N–H and O–H groups in total. The Morgan fingerprint density at radius 3 is 2.55 bits per heavy atom. The van der Waals surface area contributed by atoms with Gasteiger partial charge in [0.2, 0.25) is 0 Å². The summed E-state index contributed by atoms with van der Waals surface area (Å²) in [6.07, 6.45) is 2.19. The number of hydrogen-bond donors (Lipinski definition) is 0. The van der Waals surface area contributed by atoms with Gasteiger partial charge in [0.25, 0.3) is 0 Å². The second-order valence-corrected chi connectivity index (χ2v) is 5.34. The van der Waals surface area contributed by atoms with Crippen molar-refractivity contribution >= 4 is 9.84 Å². The van der Waals surface area contributed by atoms with E-state index in [9.17, 15) is 13.5 Å². The summed E-state index contributed by atoms with van der Waals surface area (Å²) in [5.74, 6) is 0.915. The minimum atomic E-state index is -2.73. The lowest BCUT2D eigenvalue weighted by atomic mass is 10.0. The number of sulfone groups is 1. The first-order chi connectivity index (χ1) is 5.14. The number of rotatable bonds is 3. The van der Waals surface area contributed by atoms with E-state index in [4.69, 9.17) is 0 Å². The van der Waals surface area contributed by atoms with E-state index in [2.05, 4.69) is 0 Å². The van der Waals surface area contributed by atoms with E-state index in [0.29, 0.717) is 17.9 Å². The summed E-state index contributed by atoms with van der Waals surface area (Å²) >= 11 is 0. The van der Waals surface area contributed by atoms with E-state index in [1.165, 1.54) is 0 Å². The molecule has 65 valence electrons. The molecule has 0 spiro atoms. The molecule has 1 rings (SSSR count). The maximum absolute atomic E-state index is 10.9. The van der Waals surface area contributed by atoms with E-state index in [-0.39, 0.29) is 12.5 Å². The zero-order chi connectivity index (χ0) is 8.32. The van der Waals surface area contributed by atoms with Crippen LogP contribution in [0.1, 0.15) is 19.3 Å². The third-order valence-electron chi connectivity index (χ3n) is 2.08. The van der Waals surface area contributed by atoms with Gasteiger partial charge in [-0.05, 0) is 25.2 Å². The van der Waals surface area contributed by atoms with Gasteiger partial charge in [0.15, 0.2) is 9.84 Å². The Kier molecular flexibility index (Phi) is 2.90. The molecule has 11 heavy (non-hydrogen) atoms. The van der Waals surface area contributed by atoms with Crippen LogP contribution in [0, 0.1) is 5.92 Å². The van der Waals surface area contributed by atoms with Gasteiger partial charge in [0.05, 0.1) is 18.1 Å². The molecule has 4 heteroatoms. The highest BCUT2D eigenvalue weighted by atomic mass is 32.2. The van der Waals surface area contributed by atoms with Crippen LogP contribution in [0.15, 0.2) is 0 Å². The largest absolute Gasteiger partial charge is 0.237 e. The second-order valence-electron chi connectivity index (χ2n) is 3.12. The minimum absolute atomic E-state index is 0.0729. The van der Waals surface area contributed by atoms with Crippen LogP contribution in [0.2, 0.25) is 0 Å². The van der Waals surface area contributed by atoms with Gasteiger partial charge in [-0.15, -0.1) is 0 Å². The van der Waals surface area contributed by atoms with Gasteiger partial charge >= 0.3 is 0 Å². The third kappa shape index (κ3) is 2.79. The monoisotopic (exact) mass is 177 g/mol. The van der Waals surface area contributed by atoms with Gasteiger partial charge in [0.1, 0.15) is 0 Å². The average molecular weight is 177 g/mol. The van der Waals surface area contributed by atoms with Crippen molar-refractivity contribution in [3.63, 3.8) is 0 Å². The normalized spacial score (nSPS) is 29.0. The van der Waals surface area contributed by atoms with Crippen molar-refractivity contribution in [2.75, 3.05) is 18.1 Å². The topological polar surface area (TPSA) is 54.0 Å². The van der Waals surface area contributed by atoms with E-state index in [1.54, 1.807) is 0 Å². The molecule has 0 aromatic rings. The van der Waals surface area contributed by atoms with Gasteiger partial charge in [-0.3, -0.25) is 0 Å². The fourth-order valence-electron chi connectivity index (χ4n) is 1.47. The molecule has 0 saturated carbocycles. The Morgan fingerprint density at radius 1 is 1.36 bits per heavy atom. The van der Waals surface area contributed by atoms with Crippen molar-refractivity contribution in [3.8, 4) is 0 Å². The summed E-state index contributed by atoms with van der Waals surface area (Å²) in [5.41, 5.74) is 0. The highest BCUT2D eigenvalue weighted by molar-refractivity contribution is 7.91. The quantitative estimate of drug-likeness (QED) is 0.635. The molecule has 1 atom stereocenters. The molecule has 1 fully saturated rings. The molecule has 0 aromatic carbocycles. The zero-order valence-corrected chi connectivity index (χ0v) is 7.27. The summed E-state index contributed by atoms with van der Waals surface area (Å²) in [4.78, 5) is 0. The summed E-state index contributed by atoms with van der Waals surface area (Å²) < 4.78 is 21.9. The average Bonchev–Trinajstić information content (AvgIpc) is 2.26. The van der Waals surface area contributed by atoms with Gasteiger partial charge in [-0.1, -0.05) is 0 Å². The Bertz CT molecular complexity index is 208. The molecular weight excluding hydrogens is 164 g/mol. The molecule has 1 heterocycles. The lowest BCUT2D eigenvalue weighted by Crippen LogP contribution is -2.05. The molecule has 0 aromatic heterocycles. The third-order valence-corrected chi connectivity index (χ3v) is 3.92. The molecule has 0 bridgehead atoms. The summed E-state index contributed by atoms with van der Waals surface area (Å²) in [7, 11) is -2.73. The van der Waals surface area contributed by atoms with E-state index >= 15 is 0 Å². The maximum Gasteiger partial charge on any atom is 0.150 e. The van der Waals surface area contributed by atoms with Crippen molar-refractivity contribution in [2.24, 2.45) is 5.92 Å². The fourth-order valence-corrected chi connectivity index (χ4v) is 3.38. The van der Waals surface area contributed by atoms with Crippen LogP contribution in [0.4, 0.5) is 0 Å². The van der Waals surface area contributed by atoms with E-state index < -0.39 is 9.84 Å². The van der Waals surface area contributed by atoms with Crippen LogP contribution in [0.3, 0.4) is 0 Å². The first-order valence-electron chi connectivity index (χ1n) is 3.92. The van der Waals surface area contributed by atoms with Crippen LogP contribution >= 0.6 is 0 Å². The lowest BCUT2D eigenvalue weighted by Gasteiger charge is -2.03. The molecule has 0 aliphatic carbocycles. The lowest BCUT2D eigenvalue weighted by molar-refractivity contribution is 0.182. The minimum Gasteiger partial charge on any atom is -0.237 e. The van der Waals surface area contributed by atoms with Crippen LogP contribution < -0.4 is 0 Å². The van der Waals surface area contributed by atoms with Crippen molar-refractivity contribution in [3.05, 3.63) is 0 Å². The Morgan fingerprint density at radius 2 is 2.09 bits per heavy atom. The van der Waals surface area contributed by atoms with Crippen LogP contribution in [0.5, 0.6) is 0 Å². The second kappa shape index (κ2) is 3.54. The maximum atomic E-state index is 10.9.